The first-order valence-corrected chi connectivity index (χ1v) is 14.4. The van der Waals surface area contributed by atoms with Crippen LogP contribution < -0.4 is 14.3 Å². The molecule has 0 fully saturated rings. The van der Waals surface area contributed by atoms with E-state index in [0.29, 0.717) is 17.8 Å². The summed E-state index contributed by atoms with van der Waals surface area (Å²) in [5, 5.41) is 2.97. The maximum atomic E-state index is 12.6. The first-order valence-electron chi connectivity index (χ1n) is 10.7. The summed E-state index contributed by atoms with van der Waals surface area (Å²) in [6.45, 7) is 2.03. The number of hydrogen-bond acceptors (Lipinski definition) is 5. The molecule has 8 nitrogen and oxygen atoms in total. The molecule has 11 heteroatoms. The van der Waals surface area contributed by atoms with Gasteiger partial charge in [-0.1, -0.05) is 35.9 Å². The molecule has 186 valence electrons. The van der Waals surface area contributed by atoms with Crippen molar-refractivity contribution in [2.24, 2.45) is 0 Å². The van der Waals surface area contributed by atoms with Crippen LogP contribution >= 0.6 is 11.6 Å². The summed E-state index contributed by atoms with van der Waals surface area (Å²) in [6, 6.07) is 19.3. The summed E-state index contributed by atoms with van der Waals surface area (Å²) in [5.41, 5.74) is 2.17. The van der Waals surface area contributed by atoms with Crippen LogP contribution in [0.3, 0.4) is 0 Å². The van der Waals surface area contributed by atoms with Crippen molar-refractivity contribution in [2.75, 3.05) is 27.1 Å². The quantitative estimate of drug-likeness (QED) is 0.393. The van der Waals surface area contributed by atoms with E-state index in [1.54, 1.807) is 42.5 Å². The van der Waals surface area contributed by atoms with Crippen molar-refractivity contribution in [1.29, 1.82) is 0 Å². The molecule has 0 saturated heterocycles. The monoisotopic (exact) mass is 535 g/mol. The Labute approximate surface area is 211 Å². The fourth-order valence-corrected chi connectivity index (χ4v) is 5.62. The Morgan fingerprint density at radius 3 is 2.26 bits per heavy atom. The van der Waals surface area contributed by atoms with Gasteiger partial charge in [-0.2, -0.15) is 0 Å². The smallest absolute Gasteiger partial charge is 0.261 e. The molecule has 3 rings (SSSR count). The number of halogens is 1. The Kier molecular flexibility index (Phi) is 8.42. The lowest BCUT2D eigenvalue weighted by Crippen LogP contribution is -2.31. The van der Waals surface area contributed by atoms with Gasteiger partial charge < -0.3 is 5.32 Å². The Bertz CT molecular complexity index is 1410. The highest BCUT2D eigenvalue weighted by Gasteiger charge is 2.18. The molecule has 3 aromatic carbocycles. The van der Waals surface area contributed by atoms with Gasteiger partial charge in [-0.3, -0.25) is 13.8 Å². The van der Waals surface area contributed by atoms with E-state index in [4.69, 9.17) is 11.6 Å². The fourth-order valence-electron chi connectivity index (χ4n) is 3.34. The summed E-state index contributed by atoms with van der Waals surface area (Å²) in [7, 11) is -7.36. The average molecular weight is 536 g/mol. The van der Waals surface area contributed by atoms with E-state index in [1.807, 2.05) is 13.0 Å². The molecule has 0 unspecified atom stereocenters. The fraction of sp³-hybridized carbons (Fsp3) is 0.208. The average Bonchev–Trinajstić information content (AvgIpc) is 2.78. The third-order valence-electron chi connectivity index (χ3n) is 5.02. The Hall–Kier alpha value is -3.08. The van der Waals surface area contributed by atoms with Crippen LogP contribution in [0.2, 0.25) is 5.02 Å². The second kappa shape index (κ2) is 11.1. The first kappa shape index (κ1) is 26.5. The summed E-state index contributed by atoms with van der Waals surface area (Å²) in [5.74, 6) is -0.313. The summed E-state index contributed by atoms with van der Waals surface area (Å²) in [6.07, 6.45) is 1.53. The van der Waals surface area contributed by atoms with Crippen LogP contribution in [0, 0.1) is 6.92 Å². The topological polar surface area (TPSA) is 113 Å². The Morgan fingerprint density at radius 1 is 0.943 bits per heavy atom. The number of carbonyl (C=O) groups is 1. The van der Waals surface area contributed by atoms with Crippen LogP contribution in [-0.2, 0) is 24.8 Å². The van der Waals surface area contributed by atoms with Gasteiger partial charge in [-0.25, -0.2) is 16.8 Å². The molecule has 0 aliphatic carbocycles. The second-order valence-corrected chi connectivity index (χ2v) is 11.9. The number of rotatable bonds is 10. The molecular weight excluding hydrogens is 510 g/mol. The third kappa shape index (κ3) is 7.45. The molecule has 0 radical (unpaired) electrons. The highest BCUT2D eigenvalue weighted by atomic mass is 35.5. The zero-order valence-corrected chi connectivity index (χ0v) is 21.6. The van der Waals surface area contributed by atoms with E-state index in [1.165, 1.54) is 28.6 Å². The third-order valence-corrected chi connectivity index (χ3v) is 7.93. The standard InChI is InChI=1S/C24H26ClN3O5S2/c1-18-7-5-8-20(17-18)28(34(2,30)31)16-6-11-24(29)26-19-12-14-21(15-13-19)35(32,33)27-23-10-4-3-9-22(23)25/h3-5,7-10,12-15,17,27H,6,11,16H2,1-2H3,(H,26,29). The predicted octanol–water partition coefficient (Wildman–Crippen LogP) is 4.63. The molecule has 3 aromatic rings. The number of benzene rings is 3. The predicted molar refractivity (Wildman–Crippen MR) is 140 cm³/mol. The van der Waals surface area contributed by atoms with Crippen molar-refractivity contribution < 1.29 is 21.6 Å². The van der Waals surface area contributed by atoms with Gasteiger partial charge in [0.05, 0.1) is 27.5 Å². The lowest BCUT2D eigenvalue weighted by atomic mass is 10.2. The van der Waals surface area contributed by atoms with E-state index in [2.05, 4.69) is 10.0 Å². The van der Waals surface area contributed by atoms with Crippen LogP contribution in [0.4, 0.5) is 17.1 Å². The van der Waals surface area contributed by atoms with E-state index >= 15 is 0 Å². The number of anilines is 3. The van der Waals surface area contributed by atoms with Gasteiger partial charge in [-0.15, -0.1) is 0 Å². The molecule has 0 aromatic heterocycles. The molecular formula is C24H26ClN3O5S2. The molecule has 0 spiro atoms. The molecule has 1 amide bonds. The number of nitrogens with one attached hydrogen (secondary N) is 2. The molecule has 35 heavy (non-hydrogen) atoms. The Morgan fingerprint density at radius 2 is 1.63 bits per heavy atom. The summed E-state index contributed by atoms with van der Waals surface area (Å²) in [4.78, 5) is 12.4. The Balaban J connectivity index is 1.58. The highest BCUT2D eigenvalue weighted by molar-refractivity contribution is 7.92. The molecule has 0 heterocycles. The maximum absolute atomic E-state index is 12.6. The van der Waals surface area contributed by atoms with Gasteiger partial charge in [0.1, 0.15) is 0 Å². The molecule has 2 N–H and O–H groups in total. The van der Waals surface area contributed by atoms with Crippen molar-refractivity contribution in [1.82, 2.24) is 0 Å². The number of carbonyl (C=O) groups excluding carboxylic acids is 1. The van der Waals surface area contributed by atoms with Gasteiger partial charge in [-0.05, 0) is 67.4 Å². The maximum Gasteiger partial charge on any atom is 0.261 e. The minimum absolute atomic E-state index is 0.0115. The summed E-state index contributed by atoms with van der Waals surface area (Å²) >= 11 is 6.02. The van der Waals surface area contributed by atoms with E-state index in [-0.39, 0.29) is 34.5 Å². The summed E-state index contributed by atoms with van der Waals surface area (Å²) < 4.78 is 53.3. The van der Waals surface area contributed by atoms with Crippen molar-refractivity contribution in [2.45, 2.75) is 24.7 Å². The number of sulfonamides is 2. The molecule has 0 atom stereocenters. The van der Waals surface area contributed by atoms with Crippen molar-refractivity contribution >= 4 is 54.6 Å². The normalized spacial score (nSPS) is 11.6. The zero-order chi connectivity index (χ0) is 25.6. The van der Waals surface area contributed by atoms with Crippen LogP contribution in [0.15, 0.2) is 77.7 Å². The number of hydrogen-bond donors (Lipinski definition) is 2. The van der Waals surface area contributed by atoms with E-state index < -0.39 is 20.0 Å². The van der Waals surface area contributed by atoms with Gasteiger partial charge >= 0.3 is 0 Å². The number of para-hydroxylation sites is 1. The minimum Gasteiger partial charge on any atom is -0.326 e. The van der Waals surface area contributed by atoms with E-state index in [9.17, 15) is 21.6 Å². The van der Waals surface area contributed by atoms with Crippen molar-refractivity contribution in [3.63, 3.8) is 0 Å². The highest BCUT2D eigenvalue weighted by Crippen LogP contribution is 2.25. The van der Waals surface area contributed by atoms with Crippen LogP contribution in [-0.4, -0.2) is 35.5 Å². The van der Waals surface area contributed by atoms with Crippen LogP contribution in [0.1, 0.15) is 18.4 Å². The SMILES string of the molecule is Cc1cccc(N(CCCC(=O)Nc2ccc(S(=O)(=O)Nc3ccccc3Cl)cc2)S(C)(=O)=O)c1. The van der Waals surface area contributed by atoms with Gasteiger partial charge in [0.2, 0.25) is 15.9 Å². The van der Waals surface area contributed by atoms with Gasteiger partial charge in [0.25, 0.3) is 10.0 Å². The zero-order valence-electron chi connectivity index (χ0n) is 19.2. The molecule has 0 aliphatic rings. The van der Waals surface area contributed by atoms with E-state index in [0.717, 1.165) is 11.8 Å². The van der Waals surface area contributed by atoms with Crippen molar-refractivity contribution in [3.8, 4) is 0 Å². The number of aryl methyl sites for hydroxylation is 1. The second-order valence-electron chi connectivity index (χ2n) is 7.94. The van der Waals surface area contributed by atoms with Crippen LogP contribution in [0.5, 0.6) is 0 Å². The number of nitrogens with zero attached hydrogens (tertiary/aromatic N) is 1. The van der Waals surface area contributed by atoms with Crippen LogP contribution in [0.25, 0.3) is 0 Å². The molecule has 0 aliphatic heterocycles. The lowest BCUT2D eigenvalue weighted by Gasteiger charge is -2.22. The molecule has 0 saturated carbocycles. The largest absolute Gasteiger partial charge is 0.326 e. The van der Waals surface area contributed by atoms with Gasteiger partial charge in [0, 0.05) is 18.7 Å². The van der Waals surface area contributed by atoms with Crippen molar-refractivity contribution in [3.05, 3.63) is 83.4 Å². The first-order chi connectivity index (χ1) is 16.5. The lowest BCUT2D eigenvalue weighted by molar-refractivity contribution is -0.116. The molecule has 0 bridgehead atoms. The van der Waals surface area contributed by atoms with Gasteiger partial charge in [0.15, 0.2) is 0 Å². The number of amides is 1. The minimum atomic E-state index is -3.86.